The van der Waals surface area contributed by atoms with Crippen LogP contribution in [0.4, 0.5) is 0 Å². The lowest BCUT2D eigenvalue weighted by Crippen LogP contribution is -2.23. The van der Waals surface area contributed by atoms with Crippen LogP contribution in [0.3, 0.4) is 0 Å². The van der Waals surface area contributed by atoms with Crippen molar-refractivity contribution in [3.63, 3.8) is 0 Å². The zero-order valence-corrected chi connectivity index (χ0v) is 13.6. The van der Waals surface area contributed by atoms with Crippen LogP contribution in [0.1, 0.15) is 41.5 Å². The van der Waals surface area contributed by atoms with Gasteiger partial charge in [-0.1, -0.05) is 0 Å². The molecule has 104 valence electrons. The van der Waals surface area contributed by atoms with Gasteiger partial charge in [-0.15, -0.1) is 0 Å². The van der Waals surface area contributed by atoms with Gasteiger partial charge in [-0.05, 0) is 52.9 Å². The lowest BCUT2D eigenvalue weighted by molar-refractivity contribution is 0.0592. The molecule has 17 heavy (non-hydrogen) atoms. The largest absolute Gasteiger partial charge is 0.390 e. The Bertz CT molecular complexity index is 248. The third kappa shape index (κ3) is 10.1. The van der Waals surface area contributed by atoms with E-state index >= 15 is 0 Å². The van der Waals surface area contributed by atoms with Crippen LogP contribution in [0.25, 0.3) is 0 Å². The Morgan fingerprint density at radius 2 is 1.41 bits per heavy atom. The van der Waals surface area contributed by atoms with E-state index in [1.54, 1.807) is 7.11 Å². The molecule has 0 radical (unpaired) electrons. The van der Waals surface area contributed by atoms with E-state index in [-0.39, 0.29) is 0 Å². The minimum atomic E-state index is -3.16. The van der Waals surface area contributed by atoms with E-state index in [1.165, 1.54) is 11.4 Å². The maximum absolute atomic E-state index is 12.6. The van der Waals surface area contributed by atoms with Gasteiger partial charge in [0.15, 0.2) is 0 Å². The first kappa shape index (κ1) is 17.5. The summed E-state index contributed by atoms with van der Waals surface area (Å²) in [6.45, 7) is 8.55. The molecule has 0 aromatic rings. The molecule has 0 aromatic carbocycles. The minimum absolute atomic E-state index is 0.499. The zero-order valence-electron chi connectivity index (χ0n) is 11.9. The molecular weight excluding hydrogens is 259 g/mol. The molecule has 0 aliphatic rings. The molecule has 0 aliphatic heterocycles. The van der Waals surface area contributed by atoms with Crippen LogP contribution in [-0.4, -0.2) is 30.7 Å². The molecule has 4 nitrogen and oxygen atoms in total. The first-order valence-corrected chi connectivity index (χ1v) is 8.76. The van der Waals surface area contributed by atoms with E-state index in [9.17, 15) is 4.57 Å². The van der Waals surface area contributed by atoms with Gasteiger partial charge < -0.3 is 4.74 Å². The van der Waals surface area contributed by atoms with Gasteiger partial charge in [0, 0.05) is 12.9 Å². The topological polar surface area (TPSA) is 44.8 Å². The Balaban J connectivity index is 4.64. The predicted octanol–water partition coefficient (Wildman–Crippen LogP) is 4.10. The van der Waals surface area contributed by atoms with Crippen molar-refractivity contribution in [2.24, 2.45) is 0 Å². The molecule has 0 amide bonds. The van der Waals surface area contributed by atoms with Crippen molar-refractivity contribution >= 4 is 18.2 Å². The highest BCUT2D eigenvalue weighted by Gasteiger charge is 2.35. The molecule has 0 saturated carbocycles. The second kappa shape index (κ2) is 6.58. The Morgan fingerprint density at radius 1 is 1.00 bits per heavy atom. The van der Waals surface area contributed by atoms with E-state index < -0.39 is 18.0 Å². The molecule has 0 aromatic heterocycles. The number of methoxy groups -OCH3 is 1. The summed E-state index contributed by atoms with van der Waals surface area (Å²) in [7, 11) is 1.61. The molecule has 0 N–H and O–H groups in total. The van der Waals surface area contributed by atoms with Crippen molar-refractivity contribution in [1.82, 2.24) is 0 Å². The fourth-order valence-electron chi connectivity index (χ4n) is 0.975. The van der Waals surface area contributed by atoms with Crippen LogP contribution in [0, 0.1) is 0 Å². The van der Waals surface area contributed by atoms with E-state index in [0.717, 1.165) is 0 Å². The molecule has 0 fully saturated rings. The quantitative estimate of drug-likeness (QED) is 0.542. The smallest absolute Gasteiger partial charge is 0.384 e. The standard InChI is InChI=1S/C11H25O4PS/c1-10(2,3)14-16(12,15-11(4,5)6)17-9-8-13-7/h8-9H2,1-7H3. The summed E-state index contributed by atoms with van der Waals surface area (Å²) in [5.41, 5.74) is -0.998. The predicted molar refractivity (Wildman–Crippen MR) is 73.6 cm³/mol. The van der Waals surface area contributed by atoms with E-state index in [4.69, 9.17) is 13.8 Å². The monoisotopic (exact) mass is 284 g/mol. The number of ether oxygens (including phenoxy) is 1. The fraction of sp³-hybridized carbons (Fsp3) is 1.00. The van der Waals surface area contributed by atoms with Crippen molar-refractivity contribution in [3.8, 4) is 0 Å². The molecule has 0 atom stereocenters. The molecule has 0 heterocycles. The highest BCUT2D eigenvalue weighted by atomic mass is 32.7. The van der Waals surface area contributed by atoms with Gasteiger partial charge in [0.1, 0.15) is 0 Å². The van der Waals surface area contributed by atoms with Crippen LogP contribution in [0.2, 0.25) is 0 Å². The van der Waals surface area contributed by atoms with Crippen LogP contribution in [0.15, 0.2) is 0 Å². The third-order valence-electron chi connectivity index (χ3n) is 1.31. The summed E-state index contributed by atoms with van der Waals surface area (Å²) in [4.78, 5) is 0. The van der Waals surface area contributed by atoms with Gasteiger partial charge >= 0.3 is 6.80 Å². The normalized spacial score (nSPS) is 14.1. The first-order chi connectivity index (χ1) is 7.47. The number of hydrogen-bond donors (Lipinski definition) is 0. The van der Waals surface area contributed by atoms with Crippen molar-refractivity contribution in [2.75, 3.05) is 19.5 Å². The summed E-state index contributed by atoms with van der Waals surface area (Å²) in [5.74, 6) is 0.583. The van der Waals surface area contributed by atoms with Crippen LogP contribution in [0.5, 0.6) is 0 Å². The Morgan fingerprint density at radius 3 is 1.71 bits per heavy atom. The summed E-state index contributed by atoms with van der Waals surface area (Å²) in [6, 6.07) is 0. The van der Waals surface area contributed by atoms with Gasteiger partial charge in [0.05, 0.1) is 17.8 Å². The molecule has 0 unspecified atom stereocenters. The molecule has 0 rings (SSSR count). The van der Waals surface area contributed by atoms with Crippen molar-refractivity contribution in [2.45, 2.75) is 52.7 Å². The van der Waals surface area contributed by atoms with Crippen molar-refractivity contribution < 1.29 is 18.3 Å². The van der Waals surface area contributed by atoms with Crippen LogP contribution >= 0.6 is 18.2 Å². The zero-order chi connectivity index (χ0) is 13.7. The highest BCUT2D eigenvalue weighted by Crippen LogP contribution is 2.64. The molecule has 0 saturated heterocycles. The Kier molecular flexibility index (Phi) is 6.75. The average Bonchev–Trinajstić information content (AvgIpc) is 1.96. The second-order valence-corrected chi connectivity index (χ2v) is 9.72. The van der Waals surface area contributed by atoms with Crippen LogP contribution in [-0.2, 0) is 18.3 Å². The third-order valence-corrected chi connectivity index (χ3v) is 5.46. The van der Waals surface area contributed by atoms with Crippen LogP contribution < -0.4 is 0 Å². The summed E-state index contributed by atoms with van der Waals surface area (Å²) >= 11 is 1.19. The molecule has 0 aliphatic carbocycles. The van der Waals surface area contributed by atoms with Crippen molar-refractivity contribution in [3.05, 3.63) is 0 Å². The Hall–Kier alpha value is 0.460. The highest BCUT2D eigenvalue weighted by molar-refractivity contribution is 8.55. The van der Waals surface area contributed by atoms with Gasteiger partial charge in [-0.3, -0.25) is 9.05 Å². The second-order valence-electron chi connectivity index (χ2n) is 5.68. The summed E-state index contributed by atoms with van der Waals surface area (Å²) in [6.07, 6.45) is 0. The molecule has 6 heteroatoms. The van der Waals surface area contributed by atoms with Crippen molar-refractivity contribution in [1.29, 1.82) is 0 Å². The van der Waals surface area contributed by atoms with Gasteiger partial charge in [0.2, 0.25) is 0 Å². The molecular formula is C11H25O4PS. The average molecular weight is 284 g/mol. The Labute approximate surface area is 109 Å². The fourth-order valence-corrected chi connectivity index (χ4v) is 5.48. The first-order valence-electron chi connectivity index (χ1n) is 5.62. The minimum Gasteiger partial charge on any atom is -0.384 e. The lowest BCUT2D eigenvalue weighted by atomic mass is 10.2. The SMILES string of the molecule is COCCSP(=O)(OC(C)(C)C)OC(C)(C)C. The number of rotatable bonds is 6. The van der Waals surface area contributed by atoms with Gasteiger partial charge in [0.25, 0.3) is 0 Å². The van der Waals surface area contributed by atoms with E-state index in [2.05, 4.69) is 0 Å². The van der Waals surface area contributed by atoms with E-state index in [0.29, 0.717) is 12.4 Å². The maximum Gasteiger partial charge on any atom is 0.390 e. The van der Waals surface area contributed by atoms with Gasteiger partial charge in [-0.2, -0.15) is 0 Å². The summed E-state index contributed by atoms with van der Waals surface area (Å²) in [5, 5.41) is 0. The van der Waals surface area contributed by atoms with E-state index in [1.807, 2.05) is 41.5 Å². The lowest BCUT2D eigenvalue weighted by Gasteiger charge is -2.31. The molecule has 0 bridgehead atoms. The maximum atomic E-state index is 12.6. The number of hydrogen-bond acceptors (Lipinski definition) is 5. The molecule has 0 spiro atoms. The summed E-state index contributed by atoms with van der Waals surface area (Å²) < 4.78 is 28.7. The van der Waals surface area contributed by atoms with Gasteiger partial charge in [-0.25, -0.2) is 4.57 Å².